The van der Waals surface area contributed by atoms with Gasteiger partial charge in [0, 0.05) is 19.5 Å². The number of hydrogen-bond donors (Lipinski definition) is 1. The Bertz CT molecular complexity index is 873. The molecule has 156 valence electrons. The summed E-state index contributed by atoms with van der Waals surface area (Å²) in [5.41, 5.74) is 2.04. The number of morpholine rings is 1. The number of carbonyl (C=O) groups is 1. The summed E-state index contributed by atoms with van der Waals surface area (Å²) in [6.07, 6.45) is -2.56. The van der Waals surface area contributed by atoms with Gasteiger partial charge in [-0.15, -0.1) is 0 Å². The summed E-state index contributed by atoms with van der Waals surface area (Å²) in [6.45, 7) is 3.68. The summed E-state index contributed by atoms with van der Waals surface area (Å²) in [5.74, 6) is -0.204. The molecule has 1 aromatic heterocycles. The minimum Gasteiger partial charge on any atom is -0.378 e. The van der Waals surface area contributed by atoms with Crippen molar-refractivity contribution in [1.82, 2.24) is 14.7 Å². The molecule has 0 aliphatic carbocycles. The van der Waals surface area contributed by atoms with Gasteiger partial charge in [-0.3, -0.25) is 4.79 Å². The Morgan fingerprint density at radius 2 is 1.93 bits per heavy atom. The molecule has 2 aliphatic heterocycles. The lowest BCUT2D eigenvalue weighted by Gasteiger charge is -2.34. The number of ether oxygens (including phenoxy) is 1. The average molecular weight is 408 g/mol. The van der Waals surface area contributed by atoms with E-state index in [1.807, 2.05) is 31.2 Å². The predicted octanol–water partition coefficient (Wildman–Crippen LogP) is 3.58. The highest BCUT2D eigenvalue weighted by molar-refractivity contribution is 5.99. The van der Waals surface area contributed by atoms with Crippen molar-refractivity contribution in [3.05, 3.63) is 47.2 Å². The van der Waals surface area contributed by atoms with E-state index in [0.717, 1.165) is 22.2 Å². The zero-order chi connectivity index (χ0) is 20.6. The Labute approximate surface area is 166 Å². The van der Waals surface area contributed by atoms with Crippen LogP contribution in [0.2, 0.25) is 0 Å². The van der Waals surface area contributed by atoms with Gasteiger partial charge in [0.15, 0.2) is 6.04 Å². The van der Waals surface area contributed by atoms with Crippen LogP contribution in [-0.4, -0.2) is 53.1 Å². The molecule has 1 fully saturated rings. The van der Waals surface area contributed by atoms with E-state index in [-0.39, 0.29) is 23.7 Å². The second-order valence-corrected chi connectivity index (χ2v) is 7.34. The molecule has 1 N–H and O–H groups in total. The summed E-state index contributed by atoms with van der Waals surface area (Å²) >= 11 is 0. The van der Waals surface area contributed by atoms with Gasteiger partial charge >= 0.3 is 6.18 Å². The van der Waals surface area contributed by atoms with Crippen LogP contribution in [0.25, 0.3) is 0 Å². The number of anilines is 1. The number of fused-ring (bicyclic) bond motifs is 1. The SMILES string of the molecule is CCc1ccc(C2CC(C(F)(F)F)n3ncc(C(=O)N4CCOCC4)c3N2)cc1. The third kappa shape index (κ3) is 3.83. The first-order valence-corrected chi connectivity index (χ1v) is 9.75. The summed E-state index contributed by atoms with van der Waals surface area (Å²) in [4.78, 5) is 14.5. The standard InChI is InChI=1S/C20H23F3N4O2/c1-2-13-3-5-14(6-4-13)16-11-17(20(21,22)23)27-18(25-16)15(12-24-27)19(28)26-7-9-29-10-8-26/h3-6,12,16-17,25H,2,7-11H2,1H3. The molecule has 2 unspecified atom stereocenters. The average Bonchev–Trinajstić information content (AvgIpc) is 3.16. The number of rotatable bonds is 3. The van der Waals surface area contributed by atoms with E-state index in [0.29, 0.717) is 26.3 Å². The topological polar surface area (TPSA) is 59.4 Å². The Kier molecular flexibility index (Phi) is 5.24. The zero-order valence-electron chi connectivity index (χ0n) is 16.1. The molecule has 4 rings (SSSR count). The van der Waals surface area contributed by atoms with Crippen LogP contribution in [0, 0.1) is 0 Å². The van der Waals surface area contributed by atoms with Crippen LogP contribution in [0.1, 0.15) is 46.9 Å². The van der Waals surface area contributed by atoms with Crippen LogP contribution in [-0.2, 0) is 11.2 Å². The van der Waals surface area contributed by atoms with E-state index in [4.69, 9.17) is 4.74 Å². The van der Waals surface area contributed by atoms with Gasteiger partial charge in [0.25, 0.3) is 5.91 Å². The number of nitrogens with one attached hydrogen (secondary N) is 1. The van der Waals surface area contributed by atoms with E-state index in [1.165, 1.54) is 6.20 Å². The maximum Gasteiger partial charge on any atom is 0.410 e. The molecule has 29 heavy (non-hydrogen) atoms. The molecule has 0 radical (unpaired) electrons. The molecule has 0 spiro atoms. The van der Waals surface area contributed by atoms with E-state index < -0.39 is 18.3 Å². The molecule has 6 nitrogen and oxygen atoms in total. The third-order valence-electron chi connectivity index (χ3n) is 5.56. The van der Waals surface area contributed by atoms with Crippen molar-refractivity contribution in [1.29, 1.82) is 0 Å². The van der Waals surface area contributed by atoms with Crippen molar-refractivity contribution in [3.8, 4) is 0 Å². The van der Waals surface area contributed by atoms with Gasteiger partial charge in [-0.2, -0.15) is 18.3 Å². The second kappa shape index (κ2) is 7.70. The molecule has 2 aromatic rings. The molecule has 1 amide bonds. The monoisotopic (exact) mass is 408 g/mol. The van der Waals surface area contributed by atoms with Crippen molar-refractivity contribution >= 4 is 11.7 Å². The number of aromatic nitrogens is 2. The normalized spacial score (nSPS) is 22.1. The number of nitrogens with zero attached hydrogens (tertiary/aromatic N) is 3. The molecule has 2 atom stereocenters. The Morgan fingerprint density at radius 1 is 1.24 bits per heavy atom. The lowest BCUT2D eigenvalue weighted by atomic mass is 9.95. The minimum absolute atomic E-state index is 0.125. The first-order chi connectivity index (χ1) is 13.9. The summed E-state index contributed by atoms with van der Waals surface area (Å²) in [6, 6.07) is 5.18. The first kappa shape index (κ1) is 19.8. The van der Waals surface area contributed by atoms with E-state index in [2.05, 4.69) is 10.4 Å². The van der Waals surface area contributed by atoms with E-state index in [1.54, 1.807) is 4.90 Å². The number of hydrogen-bond acceptors (Lipinski definition) is 4. The molecule has 0 bridgehead atoms. The van der Waals surface area contributed by atoms with Gasteiger partial charge in [-0.1, -0.05) is 31.2 Å². The number of amides is 1. The molecule has 1 aromatic carbocycles. The van der Waals surface area contributed by atoms with Crippen LogP contribution in [0.3, 0.4) is 0 Å². The van der Waals surface area contributed by atoms with Crippen LogP contribution >= 0.6 is 0 Å². The summed E-state index contributed by atoms with van der Waals surface area (Å²) < 4.78 is 47.5. The number of benzene rings is 1. The third-order valence-corrected chi connectivity index (χ3v) is 5.56. The fourth-order valence-electron chi connectivity index (χ4n) is 3.86. The maximum atomic E-state index is 13.8. The number of carbonyl (C=O) groups excluding carboxylic acids is 1. The summed E-state index contributed by atoms with van der Waals surface area (Å²) in [5, 5.41) is 7.07. The van der Waals surface area contributed by atoms with Gasteiger partial charge in [0.05, 0.1) is 25.5 Å². The predicted molar refractivity (Wildman–Crippen MR) is 101 cm³/mol. The van der Waals surface area contributed by atoms with Crippen LogP contribution in [0.15, 0.2) is 30.5 Å². The van der Waals surface area contributed by atoms with Gasteiger partial charge < -0.3 is 15.0 Å². The highest BCUT2D eigenvalue weighted by Gasteiger charge is 2.47. The van der Waals surface area contributed by atoms with Crippen molar-refractivity contribution in [2.75, 3.05) is 31.6 Å². The molecule has 9 heteroatoms. The number of halogens is 3. The Balaban J connectivity index is 1.68. The van der Waals surface area contributed by atoms with Gasteiger partial charge in [0.1, 0.15) is 11.4 Å². The molecule has 1 saturated heterocycles. The highest BCUT2D eigenvalue weighted by Crippen LogP contribution is 2.44. The lowest BCUT2D eigenvalue weighted by Crippen LogP contribution is -2.41. The molecular formula is C20H23F3N4O2. The first-order valence-electron chi connectivity index (χ1n) is 9.75. The van der Waals surface area contributed by atoms with Crippen LogP contribution < -0.4 is 5.32 Å². The Hall–Kier alpha value is -2.55. The molecule has 2 aliphatic rings. The second-order valence-electron chi connectivity index (χ2n) is 7.34. The van der Waals surface area contributed by atoms with Gasteiger partial charge in [0.2, 0.25) is 0 Å². The van der Waals surface area contributed by atoms with Crippen molar-refractivity contribution in [2.45, 2.75) is 38.0 Å². The van der Waals surface area contributed by atoms with Crippen molar-refractivity contribution in [3.63, 3.8) is 0 Å². The van der Waals surface area contributed by atoms with Crippen molar-refractivity contribution < 1.29 is 22.7 Å². The van der Waals surface area contributed by atoms with Crippen LogP contribution in [0.5, 0.6) is 0 Å². The summed E-state index contributed by atoms with van der Waals surface area (Å²) in [7, 11) is 0. The number of aryl methyl sites for hydroxylation is 1. The van der Waals surface area contributed by atoms with E-state index in [9.17, 15) is 18.0 Å². The lowest BCUT2D eigenvalue weighted by molar-refractivity contribution is -0.173. The molecule has 3 heterocycles. The van der Waals surface area contributed by atoms with Crippen LogP contribution in [0.4, 0.5) is 19.0 Å². The van der Waals surface area contributed by atoms with Gasteiger partial charge in [-0.25, -0.2) is 4.68 Å². The fraction of sp³-hybridized carbons (Fsp3) is 0.500. The quantitative estimate of drug-likeness (QED) is 0.844. The fourth-order valence-corrected chi connectivity index (χ4v) is 3.86. The zero-order valence-corrected chi connectivity index (χ0v) is 16.1. The maximum absolute atomic E-state index is 13.8. The van der Waals surface area contributed by atoms with Crippen molar-refractivity contribution in [2.24, 2.45) is 0 Å². The highest BCUT2D eigenvalue weighted by atomic mass is 19.4. The molecular weight excluding hydrogens is 385 g/mol. The largest absolute Gasteiger partial charge is 0.410 e. The Morgan fingerprint density at radius 3 is 2.55 bits per heavy atom. The number of alkyl halides is 3. The smallest absolute Gasteiger partial charge is 0.378 e. The minimum atomic E-state index is -4.47. The van der Waals surface area contributed by atoms with Gasteiger partial charge in [-0.05, 0) is 17.5 Å². The van der Waals surface area contributed by atoms with E-state index >= 15 is 0 Å². The molecule has 0 saturated carbocycles.